The molecule has 10 heavy (non-hydrogen) atoms. The highest BCUT2D eigenvalue weighted by Crippen LogP contribution is 2.24. The number of rotatable bonds is 2. The van der Waals surface area contributed by atoms with Crippen LogP contribution < -0.4 is 0 Å². The Morgan fingerprint density at radius 2 is 1.30 bits per heavy atom. The van der Waals surface area contributed by atoms with Crippen molar-refractivity contribution < 1.29 is 0 Å². The van der Waals surface area contributed by atoms with E-state index in [2.05, 4.69) is 39.3 Å². The Labute approximate surface area is 72.9 Å². The monoisotopic (exact) mass is 209 g/mol. The molecule has 1 radical (unpaired) electrons. The van der Waals surface area contributed by atoms with Gasteiger partial charge in [-0.15, -0.1) is 0 Å². The molecule has 0 saturated heterocycles. The minimum atomic E-state index is -1.29. The molecule has 0 heterocycles. The first-order chi connectivity index (χ1) is 4.19. The second-order valence-electron chi connectivity index (χ2n) is 4.10. The molecule has 0 aliphatic carbocycles. The summed E-state index contributed by atoms with van der Waals surface area (Å²) in [4.78, 5) is 0. The number of hydrogen-bond donors (Lipinski definition) is 0. The molecule has 0 aromatic carbocycles. The lowest BCUT2D eigenvalue weighted by molar-refractivity contribution is 1.86. The molecule has 0 unspecified atom stereocenters. The van der Waals surface area contributed by atoms with Crippen molar-refractivity contribution in [2.24, 2.45) is 0 Å². The molecule has 0 amide bonds. The zero-order valence-electron chi connectivity index (χ0n) is 7.88. The quantitative estimate of drug-likeness (QED) is 0.485. The van der Waals surface area contributed by atoms with Gasteiger partial charge in [0.1, 0.15) is 6.90 Å². The Hall–Kier alpha value is 0.941. The van der Waals surface area contributed by atoms with Crippen LogP contribution in [0, 0.1) is 0 Å². The van der Waals surface area contributed by atoms with Crippen molar-refractivity contribution >= 4 is 33.4 Å². The Balaban J connectivity index is 4.40. The predicted molar refractivity (Wildman–Crippen MR) is 58.3 cm³/mol. The van der Waals surface area contributed by atoms with Crippen molar-refractivity contribution in [2.75, 3.05) is 0 Å². The van der Waals surface area contributed by atoms with Crippen molar-refractivity contribution in [3.05, 3.63) is 0 Å². The molecule has 0 rings (SSSR count). The van der Waals surface area contributed by atoms with Crippen molar-refractivity contribution in [2.45, 2.75) is 39.3 Å². The van der Waals surface area contributed by atoms with Crippen molar-refractivity contribution in [3.8, 4) is 0 Å². The summed E-state index contributed by atoms with van der Waals surface area (Å²) in [6, 6.07) is 0. The summed E-state index contributed by atoms with van der Waals surface area (Å²) in [7, 11) is -1.08. The van der Waals surface area contributed by atoms with E-state index in [4.69, 9.17) is 11.1 Å². The largest absolute Gasteiger partial charge is 0.171 e. The van der Waals surface area contributed by atoms with E-state index in [0.717, 1.165) is 0 Å². The van der Waals surface area contributed by atoms with Gasteiger partial charge in [-0.3, -0.25) is 0 Å². The fourth-order valence-corrected chi connectivity index (χ4v) is 21.2. The highest BCUT2D eigenvalue weighted by molar-refractivity contribution is 7.74. The standard InChI is InChI=1S/C6H18ClSi3/c1-8(2)10(5,6)9(3,4)7/h1-6H3. The van der Waals surface area contributed by atoms with E-state index in [1.165, 1.54) is 0 Å². The fraction of sp³-hybridized carbons (Fsp3) is 1.00. The lowest BCUT2D eigenvalue weighted by Crippen LogP contribution is -2.59. The molecule has 61 valence electrons. The molecule has 0 aliphatic heterocycles. The number of halogens is 1. The van der Waals surface area contributed by atoms with Gasteiger partial charge in [0.2, 0.25) is 0 Å². The fourth-order valence-electron chi connectivity index (χ4n) is 0.594. The summed E-state index contributed by atoms with van der Waals surface area (Å²) in [5.41, 5.74) is 0. The Kier molecular flexibility index (Phi) is 3.42. The molecule has 0 atom stereocenters. The second kappa shape index (κ2) is 3.13. The molecular formula is C6H18ClSi3. The van der Waals surface area contributed by atoms with Crippen LogP contribution in [0.3, 0.4) is 0 Å². The van der Waals surface area contributed by atoms with Gasteiger partial charge in [-0.1, -0.05) is 39.3 Å². The van der Waals surface area contributed by atoms with E-state index in [9.17, 15) is 0 Å². The van der Waals surface area contributed by atoms with Gasteiger partial charge in [0.05, 0.1) is 7.11 Å². The van der Waals surface area contributed by atoms with Gasteiger partial charge in [0, 0.05) is 8.31 Å². The summed E-state index contributed by atoms with van der Waals surface area (Å²) in [6.45, 7) is 13.1. The molecule has 0 aromatic heterocycles. The van der Waals surface area contributed by atoms with Crippen molar-refractivity contribution in [1.82, 2.24) is 0 Å². The first-order valence-electron chi connectivity index (χ1n) is 3.69. The van der Waals surface area contributed by atoms with Crippen LogP contribution in [0.25, 0.3) is 0 Å². The van der Waals surface area contributed by atoms with Gasteiger partial charge in [-0.2, -0.15) is 11.1 Å². The van der Waals surface area contributed by atoms with E-state index in [1.807, 2.05) is 0 Å². The summed E-state index contributed by atoms with van der Waals surface area (Å²) in [6.07, 6.45) is 0. The van der Waals surface area contributed by atoms with Gasteiger partial charge >= 0.3 is 0 Å². The Bertz CT molecular complexity index is 115. The SMILES string of the molecule is C[Si](C)[Si](C)(C)[Si](C)(C)Cl. The zero-order valence-corrected chi connectivity index (χ0v) is 11.6. The molecule has 0 spiro atoms. The number of hydrogen-bond acceptors (Lipinski definition) is 0. The van der Waals surface area contributed by atoms with Gasteiger partial charge in [0.15, 0.2) is 0 Å². The van der Waals surface area contributed by atoms with Crippen LogP contribution in [0.5, 0.6) is 0 Å². The normalized spacial score (nSPS) is 14.4. The molecule has 0 nitrogen and oxygen atoms in total. The summed E-state index contributed by atoms with van der Waals surface area (Å²) in [5, 5.41) is 0. The second-order valence-corrected chi connectivity index (χ2v) is 31.8. The maximum atomic E-state index is 6.45. The summed E-state index contributed by atoms with van der Waals surface area (Å²) >= 11 is 6.45. The average molecular weight is 210 g/mol. The zero-order chi connectivity index (χ0) is 8.58. The molecule has 0 N–H and O–H groups in total. The molecule has 0 aromatic rings. The minimum Gasteiger partial charge on any atom is -0.171 e. The van der Waals surface area contributed by atoms with Gasteiger partial charge in [-0.05, 0) is 0 Å². The van der Waals surface area contributed by atoms with Crippen LogP contribution >= 0.6 is 11.1 Å². The van der Waals surface area contributed by atoms with Crippen LogP contribution in [-0.4, -0.2) is 22.3 Å². The third-order valence-electron chi connectivity index (χ3n) is 2.74. The van der Waals surface area contributed by atoms with Crippen LogP contribution in [0.4, 0.5) is 0 Å². The highest BCUT2D eigenvalue weighted by atomic mass is 35.6. The van der Waals surface area contributed by atoms with Gasteiger partial charge < -0.3 is 0 Å². The highest BCUT2D eigenvalue weighted by Gasteiger charge is 2.42. The van der Waals surface area contributed by atoms with Gasteiger partial charge in [-0.25, -0.2) is 0 Å². The Morgan fingerprint density at radius 1 is 1.00 bits per heavy atom. The van der Waals surface area contributed by atoms with E-state index in [1.54, 1.807) is 0 Å². The first-order valence-corrected chi connectivity index (χ1v) is 15.2. The van der Waals surface area contributed by atoms with Crippen molar-refractivity contribution in [1.29, 1.82) is 0 Å². The topological polar surface area (TPSA) is 0 Å². The van der Waals surface area contributed by atoms with E-state index in [-0.39, 0.29) is 8.31 Å². The first kappa shape index (κ1) is 10.9. The smallest absolute Gasteiger partial charge is 0.138 e. The lowest BCUT2D eigenvalue weighted by Gasteiger charge is -2.35. The van der Waals surface area contributed by atoms with E-state index < -0.39 is 14.0 Å². The predicted octanol–water partition coefficient (Wildman–Crippen LogP) is 3.05. The van der Waals surface area contributed by atoms with Gasteiger partial charge in [0.25, 0.3) is 0 Å². The average Bonchev–Trinajstić information content (AvgIpc) is 1.62. The van der Waals surface area contributed by atoms with Crippen molar-refractivity contribution in [3.63, 3.8) is 0 Å². The van der Waals surface area contributed by atoms with E-state index >= 15 is 0 Å². The molecule has 0 fully saturated rings. The minimum absolute atomic E-state index is 0.0995. The molecule has 0 aliphatic rings. The maximum absolute atomic E-state index is 6.45. The maximum Gasteiger partial charge on any atom is 0.138 e. The van der Waals surface area contributed by atoms with E-state index in [0.29, 0.717) is 0 Å². The molecule has 0 saturated carbocycles. The lowest BCUT2D eigenvalue weighted by atomic mass is 11.9. The molecular weight excluding hydrogens is 192 g/mol. The summed E-state index contributed by atoms with van der Waals surface area (Å²) < 4.78 is 0. The van der Waals surface area contributed by atoms with Crippen LogP contribution in [0.15, 0.2) is 0 Å². The summed E-state index contributed by atoms with van der Waals surface area (Å²) in [5.74, 6) is 0. The molecule has 0 bridgehead atoms. The van der Waals surface area contributed by atoms with Crippen LogP contribution in [0.1, 0.15) is 0 Å². The van der Waals surface area contributed by atoms with Crippen LogP contribution in [0.2, 0.25) is 39.3 Å². The third kappa shape index (κ3) is 2.22. The Morgan fingerprint density at radius 3 is 1.30 bits per heavy atom. The molecule has 4 heteroatoms. The van der Waals surface area contributed by atoms with Crippen LogP contribution in [-0.2, 0) is 0 Å². The third-order valence-corrected chi connectivity index (χ3v) is 40.4.